The summed E-state index contributed by atoms with van der Waals surface area (Å²) in [7, 11) is 2.16. The second-order valence-corrected chi connectivity index (χ2v) is 3.39. The molecule has 2 nitrogen and oxygen atoms in total. The minimum absolute atomic E-state index is 0.272. The highest BCUT2D eigenvalue weighted by Crippen LogP contribution is 2.06. The van der Waals surface area contributed by atoms with Crippen LogP contribution in [0, 0.1) is 5.92 Å². The van der Waals surface area contributed by atoms with Gasteiger partial charge in [-0.05, 0) is 13.8 Å². The van der Waals surface area contributed by atoms with E-state index in [1.807, 2.05) is 6.92 Å². The van der Waals surface area contributed by atoms with Gasteiger partial charge in [0.25, 0.3) is 0 Å². The third-order valence-corrected chi connectivity index (χ3v) is 2.80. The minimum atomic E-state index is 0.272. The van der Waals surface area contributed by atoms with Crippen LogP contribution in [0.3, 0.4) is 0 Å². The predicted octanol–water partition coefficient (Wildman–Crippen LogP) is -0.501. The normalized spacial score (nSPS) is 41.9. The van der Waals surface area contributed by atoms with Crippen molar-refractivity contribution in [2.75, 3.05) is 13.6 Å². The zero-order valence-corrected chi connectivity index (χ0v) is 6.98. The zero-order valence-electron chi connectivity index (χ0n) is 6.98. The number of piperidine rings is 1. The molecular weight excluding hydrogens is 126 g/mol. The summed E-state index contributed by atoms with van der Waals surface area (Å²) in [5, 5.41) is 0. The summed E-state index contributed by atoms with van der Waals surface area (Å²) in [6, 6.07) is 0.515. The number of hydrogen-bond acceptors (Lipinski definition) is 1. The van der Waals surface area contributed by atoms with Crippen LogP contribution in [0.5, 0.6) is 0 Å². The van der Waals surface area contributed by atoms with Gasteiger partial charge in [-0.15, -0.1) is 0 Å². The van der Waals surface area contributed by atoms with Crippen molar-refractivity contribution in [1.82, 2.24) is 0 Å². The number of rotatable bonds is 0. The molecule has 3 atom stereocenters. The van der Waals surface area contributed by atoms with Crippen LogP contribution in [-0.2, 0) is 4.79 Å². The van der Waals surface area contributed by atoms with E-state index in [2.05, 4.69) is 14.0 Å². The maximum absolute atomic E-state index is 11.1. The van der Waals surface area contributed by atoms with Crippen LogP contribution in [0.25, 0.3) is 0 Å². The Morgan fingerprint density at radius 2 is 2.10 bits per heavy atom. The highest BCUT2D eigenvalue weighted by atomic mass is 16.1. The topological polar surface area (TPSA) is 21.5 Å². The van der Waals surface area contributed by atoms with Gasteiger partial charge in [0.15, 0.2) is 0 Å². The van der Waals surface area contributed by atoms with Crippen molar-refractivity contribution in [3.05, 3.63) is 0 Å². The first-order valence-electron chi connectivity index (χ1n) is 3.98. The van der Waals surface area contributed by atoms with Crippen LogP contribution in [0.4, 0.5) is 0 Å². The fourth-order valence-electron chi connectivity index (χ4n) is 1.48. The van der Waals surface area contributed by atoms with Crippen molar-refractivity contribution in [2.45, 2.75) is 26.3 Å². The van der Waals surface area contributed by atoms with E-state index in [1.54, 1.807) is 0 Å². The van der Waals surface area contributed by atoms with Gasteiger partial charge in [0.1, 0.15) is 5.78 Å². The van der Waals surface area contributed by atoms with Gasteiger partial charge in [0.05, 0.1) is 32.0 Å². The van der Waals surface area contributed by atoms with Gasteiger partial charge >= 0.3 is 0 Å². The molecule has 2 heteroatoms. The first-order valence-corrected chi connectivity index (χ1v) is 3.98. The van der Waals surface area contributed by atoms with E-state index in [4.69, 9.17) is 0 Å². The van der Waals surface area contributed by atoms with Gasteiger partial charge in [-0.3, -0.25) is 4.79 Å². The van der Waals surface area contributed by atoms with Gasteiger partial charge in [-0.2, -0.15) is 0 Å². The average Bonchev–Trinajstić information content (AvgIpc) is 1.93. The number of quaternary nitrogens is 1. The second kappa shape index (κ2) is 2.70. The quantitative estimate of drug-likeness (QED) is 0.484. The molecule has 0 aliphatic carbocycles. The standard InChI is InChI=1S/C8H15NO/c1-6-7(2)9(3)5-4-8(6)10/h6-7H,4-5H2,1-3H3/p+1/t6-,7+/m0/s1. The van der Waals surface area contributed by atoms with E-state index in [-0.39, 0.29) is 5.92 Å². The van der Waals surface area contributed by atoms with Crippen molar-refractivity contribution < 1.29 is 9.69 Å². The minimum Gasteiger partial charge on any atom is -0.334 e. The predicted molar refractivity (Wildman–Crippen MR) is 40.0 cm³/mol. The fraction of sp³-hybridized carbons (Fsp3) is 0.875. The third-order valence-electron chi connectivity index (χ3n) is 2.80. The molecule has 58 valence electrons. The van der Waals surface area contributed by atoms with Crippen LogP contribution in [0.15, 0.2) is 0 Å². The molecule has 0 aromatic heterocycles. The molecule has 0 bridgehead atoms. The van der Waals surface area contributed by atoms with Gasteiger partial charge in [-0.1, -0.05) is 0 Å². The highest BCUT2D eigenvalue weighted by Gasteiger charge is 2.31. The van der Waals surface area contributed by atoms with E-state index in [0.29, 0.717) is 11.8 Å². The van der Waals surface area contributed by atoms with Crippen molar-refractivity contribution in [3.8, 4) is 0 Å². The van der Waals surface area contributed by atoms with Crippen molar-refractivity contribution in [2.24, 2.45) is 5.92 Å². The molecule has 1 saturated heterocycles. The van der Waals surface area contributed by atoms with E-state index >= 15 is 0 Å². The molecule has 10 heavy (non-hydrogen) atoms. The molecule has 1 rings (SSSR count). The van der Waals surface area contributed by atoms with E-state index in [9.17, 15) is 4.79 Å². The number of likely N-dealkylation sites (tertiary alicyclic amines) is 1. The summed E-state index contributed by atoms with van der Waals surface area (Å²) in [6.45, 7) is 5.21. The number of hydrogen-bond donors (Lipinski definition) is 1. The van der Waals surface area contributed by atoms with E-state index in [0.717, 1.165) is 13.0 Å². The number of carbonyl (C=O) groups is 1. The van der Waals surface area contributed by atoms with Gasteiger partial charge < -0.3 is 4.90 Å². The summed E-state index contributed by atoms with van der Waals surface area (Å²) in [5.74, 6) is 0.715. The van der Waals surface area contributed by atoms with Crippen LogP contribution >= 0.6 is 0 Å². The lowest BCUT2D eigenvalue weighted by molar-refractivity contribution is -0.909. The Morgan fingerprint density at radius 3 is 2.60 bits per heavy atom. The molecule has 0 aromatic carbocycles. The molecule has 1 fully saturated rings. The van der Waals surface area contributed by atoms with E-state index < -0.39 is 0 Å². The monoisotopic (exact) mass is 142 g/mol. The summed E-state index contributed by atoms with van der Waals surface area (Å²) in [5.41, 5.74) is 0. The third kappa shape index (κ3) is 1.21. The average molecular weight is 142 g/mol. The Morgan fingerprint density at radius 1 is 1.50 bits per heavy atom. The number of ketones is 1. The Labute approximate surface area is 62.2 Å². The molecule has 1 aliphatic rings. The van der Waals surface area contributed by atoms with Crippen molar-refractivity contribution in [3.63, 3.8) is 0 Å². The summed E-state index contributed by atoms with van der Waals surface area (Å²) in [4.78, 5) is 12.6. The second-order valence-electron chi connectivity index (χ2n) is 3.39. The summed E-state index contributed by atoms with van der Waals surface area (Å²) < 4.78 is 0. The zero-order chi connectivity index (χ0) is 7.72. The molecule has 1 N–H and O–H groups in total. The Hall–Kier alpha value is -0.370. The van der Waals surface area contributed by atoms with Crippen LogP contribution in [0.2, 0.25) is 0 Å². The molecule has 0 radical (unpaired) electrons. The van der Waals surface area contributed by atoms with Gasteiger partial charge in [0.2, 0.25) is 0 Å². The molecule has 0 spiro atoms. The lowest BCUT2D eigenvalue weighted by Crippen LogP contribution is -3.14. The largest absolute Gasteiger partial charge is 0.334 e. The number of carbonyl (C=O) groups excluding carboxylic acids is 1. The van der Waals surface area contributed by atoms with Crippen LogP contribution in [0.1, 0.15) is 20.3 Å². The fourth-order valence-corrected chi connectivity index (χ4v) is 1.48. The van der Waals surface area contributed by atoms with Crippen LogP contribution < -0.4 is 4.90 Å². The summed E-state index contributed by atoms with van der Waals surface area (Å²) >= 11 is 0. The lowest BCUT2D eigenvalue weighted by atomic mass is 9.91. The molecule has 1 unspecified atom stereocenters. The van der Waals surface area contributed by atoms with Crippen molar-refractivity contribution in [1.29, 1.82) is 0 Å². The molecule has 1 aliphatic heterocycles. The molecule has 1 heterocycles. The lowest BCUT2D eigenvalue weighted by Gasteiger charge is -2.30. The molecule has 0 amide bonds. The first-order chi connectivity index (χ1) is 4.63. The maximum atomic E-state index is 11.1. The smallest absolute Gasteiger partial charge is 0.147 e. The maximum Gasteiger partial charge on any atom is 0.147 e. The van der Waals surface area contributed by atoms with Crippen molar-refractivity contribution >= 4 is 5.78 Å². The number of Topliss-reactive ketones (excluding diaryl/α,β-unsaturated/α-hetero) is 1. The van der Waals surface area contributed by atoms with Crippen LogP contribution in [-0.4, -0.2) is 25.4 Å². The molecule has 0 saturated carbocycles. The van der Waals surface area contributed by atoms with Gasteiger partial charge in [-0.25, -0.2) is 0 Å². The van der Waals surface area contributed by atoms with E-state index in [1.165, 1.54) is 4.90 Å². The van der Waals surface area contributed by atoms with Gasteiger partial charge in [0, 0.05) is 0 Å². The Balaban J connectivity index is 2.60. The highest BCUT2D eigenvalue weighted by molar-refractivity contribution is 5.81. The first kappa shape index (κ1) is 7.73. The molecular formula is C8H16NO+. The SMILES string of the molecule is C[C@@H]1C(=O)CC[NH+](C)[C@@H]1C. The number of nitrogens with one attached hydrogen (secondary N) is 1. The Bertz CT molecular complexity index is 144. The summed E-state index contributed by atoms with van der Waals surface area (Å²) in [6.07, 6.45) is 0.775. The molecule has 0 aromatic rings. The Kier molecular flexibility index (Phi) is 2.09.